The van der Waals surface area contributed by atoms with E-state index in [1.807, 2.05) is 58.0 Å². The largest absolute Gasteiger partial charge is 0.480 e. The molecule has 1 aromatic rings. The number of rotatable bonds is 13. The first kappa shape index (κ1) is 28.1. The van der Waals surface area contributed by atoms with Gasteiger partial charge in [-0.3, -0.25) is 19.2 Å². The predicted octanol–water partition coefficient (Wildman–Crippen LogP) is 1.21. The van der Waals surface area contributed by atoms with Crippen LogP contribution in [-0.2, 0) is 25.6 Å². The van der Waals surface area contributed by atoms with Crippen molar-refractivity contribution in [2.45, 2.75) is 78.0 Å². The summed E-state index contributed by atoms with van der Waals surface area (Å²) >= 11 is 0. The molecule has 0 fully saturated rings. The zero-order chi connectivity index (χ0) is 25.1. The summed E-state index contributed by atoms with van der Waals surface area (Å²) in [6.07, 6.45) is 0.994. The van der Waals surface area contributed by atoms with E-state index in [-0.39, 0.29) is 18.3 Å². The third-order valence-corrected chi connectivity index (χ3v) is 5.05. The molecule has 0 aliphatic carbocycles. The molecule has 0 spiro atoms. The van der Waals surface area contributed by atoms with Crippen LogP contribution in [0.25, 0.3) is 0 Å². The van der Waals surface area contributed by atoms with Gasteiger partial charge in [-0.1, -0.05) is 58.0 Å². The highest BCUT2D eigenvalue weighted by atomic mass is 16.4. The lowest BCUT2D eigenvalue weighted by molar-refractivity contribution is -0.142. The first-order valence-electron chi connectivity index (χ1n) is 11.3. The molecular formula is C24H38N4O5. The van der Waals surface area contributed by atoms with Crippen LogP contribution in [0.2, 0.25) is 0 Å². The molecule has 3 amide bonds. The summed E-state index contributed by atoms with van der Waals surface area (Å²) in [5.74, 6) is -2.47. The van der Waals surface area contributed by atoms with Gasteiger partial charge in [-0.25, -0.2) is 0 Å². The molecule has 4 unspecified atom stereocenters. The minimum atomic E-state index is -1.17. The number of aliphatic carboxylic acids is 1. The lowest BCUT2D eigenvalue weighted by Gasteiger charge is -2.26. The maximum atomic E-state index is 13.2. The molecule has 0 aliphatic rings. The predicted molar refractivity (Wildman–Crippen MR) is 126 cm³/mol. The molecule has 1 rings (SSSR count). The minimum Gasteiger partial charge on any atom is -0.480 e. The van der Waals surface area contributed by atoms with Crippen molar-refractivity contribution in [3.8, 4) is 0 Å². The standard InChI is InChI=1S/C24H38N4O5/c1-14(2)11-18(25)21(29)27-20(13-17-9-7-6-8-10-17)23(31)28-19(12-15(3)4)22(30)26-16(5)24(32)33/h6-10,14-16,18-20H,11-13,25H2,1-5H3,(H,26,30)(H,27,29)(H,28,31)(H,32,33). The summed E-state index contributed by atoms with van der Waals surface area (Å²) in [5, 5.41) is 16.9. The van der Waals surface area contributed by atoms with Gasteiger partial charge >= 0.3 is 5.97 Å². The van der Waals surface area contributed by atoms with E-state index >= 15 is 0 Å². The molecule has 6 N–H and O–H groups in total. The lowest BCUT2D eigenvalue weighted by atomic mass is 10.00. The van der Waals surface area contributed by atoms with Gasteiger partial charge in [0, 0.05) is 6.42 Å². The molecule has 1 aromatic carbocycles. The number of hydrogen-bond donors (Lipinski definition) is 5. The highest BCUT2D eigenvalue weighted by molar-refractivity contribution is 5.94. The highest BCUT2D eigenvalue weighted by Gasteiger charge is 2.30. The summed E-state index contributed by atoms with van der Waals surface area (Å²) in [7, 11) is 0. The number of carboxylic acid groups (broad SMARTS) is 1. The number of nitrogens with two attached hydrogens (primary N) is 1. The summed E-state index contributed by atoms with van der Waals surface area (Å²) in [6.45, 7) is 9.04. The van der Waals surface area contributed by atoms with Crippen molar-refractivity contribution in [1.82, 2.24) is 16.0 Å². The van der Waals surface area contributed by atoms with E-state index in [9.17, 15) is 19.2 Å². The van der Waals surface area contributed by atoms with Gasteiger partial charge in [0.15, 0.2) is 0 Å². The second-order valence-corrected chi connectivity index (χ2v) is 9.25. The van der Waals surface area contributed by atoms with E-state index in [0.717, 1.165) is 5.56 Å². The van der Waals surface area contributed by atoms with E-state index in [1.165, 1.54) is 6.92 Å². The number of carboxylic acids is 1. The Morgan fingerprint density at radius 2 is 1.30 bits per heavy atom. The summed E-state index contributed by atoms with van der Waals surface area (Å²) in [6, 6.07) is 5.44. The van der Waals surface area contributed by atoms with Crippen molar-refractivity contribution >= 4 is 23.7 Å². The number of amides is 3. The normalized spacial score (nSPS) is 14.8. The molecule has 0 saturated carbocycles. The van der Waals surface area contributed by atoms with Crippen molar-refractivity contribution in [1.29, 1.82) is 0 Å². The van der Waals surface area contributed by atoms with Crippen LogP contribution in [0.1, 0.15) is 53.0 Å². The number of carbonyl (C=O) groups is 4. The first-order valence-corrected chi connectivity index (χ1v) is 11.3. The molecule has 0 radical (unpaired) electrons. The monoisotopic (exact) mass is 462 g/mol. The van der Waals surface area contributed by atoms with Gasteiger partial charge in [0.25, 0.3) is 0 Å². The highest BCUT2D eigenvalue weighted by Crippen LogP contribution is 2.09. The van der Waals surface area contributed by atoms with Crippen LogP contribution < -0.4 is 21.7 Å². The second kappa shape index (κ2) is 13.6. The molecule has 0 bridgehead atoms. The number of benzene rings is 1. The van der Waals surface area contributed by atoms with E-state index in [1.54, 1.807) is 0 Å². The molecule has 0 aliphatic heterocycles. The average molecular weight is 463 g/mol. The van der Waals surface area contributed by atoms with Crippen molar-refractivity contribution in [2.24, 2.45) is 17.6 Å². The minimum absolute atomic E-state index is 0.0582. The molecule has 4 atom stereocenters. The maximum absolute atomic E-state index is 13.2. The van der Waals surface area contributed by atoms with Gasteiger partial charge in [0.05, 0.1) is 6.04 Å². The third kappa shape index (κ3) is 10.5. The van der Waals surface area contributed by atoms with Crippen molar-refractivity contribution in [2.75, 3.05) is 0 Å². The molecule has 9 heteroatoms. The van der Waals surface area contributed by atoms with Crippen molar-refractivity contribution < 1.29 is 24.3 Å². The van der Waals surface area contributed by atoms with Crippen molar-refractivity contribution in [3.63, 3.8) is 0 Å². The molecule has 0 heterocycles. The zero-order valence-corrected chi connectivity index (χ0v) is 20.1. The lowest BCUT2D eigenvalue weighted by Crippen LogP contribution is -2.57. The Kier molecular flexibility index (Phi) is 11.6. The van der Waals surface area contributed by atoms with Gasteiger partial charge in [0.1, 0.15) is 18.1 Å². The Labute approximate surface area is 195 Å². The summed E-state index contributed by atoms with van der Waals surface area (Å²) in [5.41, 5.74) is 6.83. The fourth-order valence-electron chi connectivity index (χ4n) is 3.30. The quantitative estimate of drug-likeness (QED) is 0.297. The Bertz CT molecular complexity index is 797. The van der Waals surface area contributed by atoms with Crippen molar-refractivity contribution in [3.05, 3.63) is 35.9 Å². The maximum Gasteiger partial charge on any atom is 0.325 e. The van der Waals surface area contributed by atoms with Gasteiger partial charge in [-0.2, -0.15) is 0 Å². The Morgan fingerprint density at radius 1 is 0.788 bits per heavy atom. The van der Waals surface area contributed by atoms with Gasteiger partial charge in [-0.05, 0) is 37.2 Å². The SMILES string of the molecule is CC(C)CC(N)C(=O)NC(Cc1ccccc1)C(=O)NC(CC(C)C)C(=O)NC(C)C(=O)O. The van der Waals surface area contributed by atoms with E-state index in [4.69, 9.17) is 10.8 Å². The molecule has 9 nitrogen and oxygen atoms in total. The molecule has 0 aromatic heterocycles. The first-order chi connectivity index (χ1) is 15.4. The second-order valence-electron chi connectivity index (χ2n) is 9.25. The zero-order valence-electron chi connectivity index (χ0n) is 20.1. The smallest absolute Gasteiger partial charge is 0.325 e. The fourth-order valence-corrected chi connectivity index (χ4v) is 3.30. The summed E-state index contributed by atoms with van der Waals surface area (Å²) < 4.78 is 0. The van der Waals surface area contributed by atoms with Gasteiger partial charge in [0.2, 0.25) is 17.7 Å². The van der Waals surface area contributed by atoms with Crippen LogP contribution in [0, 0.1) is 11.8 Å². The van der Waals surface area contributed by atoms with Crippen LogP contribution in [-0.4, -0.2) is 53.0 Å². The Balaban J connectivity index is 3.04. The fraction of sp³-hybridized carbons (Fsp3) is 0.583. The van der Waals surface area contributed by atoms with Gasteiger partial charge < -0.3 is 26.8 Å². The van der Waals surface area contributed by atoms with Crippen LogP contribution >= 0.6 is 0 Å². The van der Waals surface area contributed by atoms with E-state index < -0.39 is 47.9 Å². The number of nitrogens with one attached hydrogen (secondary N) is 3. The molecular weight excluding hydrogens is 424 g/mol. The van der Waals surface area contributed by atoms with E-state index in [2.05, 4.69) is 16.0 Å². The molecule has 0 saturated heterocycles. The van der Waals surface area contributed by atoms with Crippen LogP contribution in [0.5, 0.6) is 0 Å². The summed E-state index contributed by atoms with van der Waals surface area (Å²) in [4.78, 5) is 49.6. The number of carbonyl (C=O) groups excluding carboxylic acids is 3. The average Bonchev–Trinajstić information content (AvgIpc) is 2.72. The molecule has 184 valence electrons. The number of hydrogen-bond acceptors (Lipinski definition) is 5. The third-order valence-electron chi connectivity index (χ3n) is 5.05. The topological polar surface area (TPSA) is 151 Å². The van der Waals surface area contributed by atoms with Gasteiger partial charge in [-0.15, -0.1) is 0 Å². The Morgan fingerprint density at radius 3 is 1.82 bits per heavy atom. The Hall–Kier alpha value is -2.94. The van der Waals surface area contributed by atoms with Crippen LogP contribution in [0.3, 0.4) is 0 Å². The van der Waals surface area contributed by atoms with E-state index in [0.29, 0.717) is 12.8 Å². The molecule has 33 heavy (non-hydrogen) atoms. The van der Waals surface area contributed by atoms with Crippen LogP contribution in [0.15, 0.2) is 30.3 Å². The van der Waals surface area contributed by atoms with Crippen LogP contribution in [0.4, 0.5) is 0 Å².